The molecule has 0 aromatic rings. The minimum absolute atomic E-state index is 0.0335. The third-order valence-corrected chi connectivity index (χ3v) is 12.8. The van der Waals surface area contributed by atoms with Crippen LogP contribution in [-0.2, 0) is 23.9 Å². The maximum atomic E-state index is 14.6. The molecule has 0 bridgehead atoms. The molecule has 228 valence electrons. The van der Waals surface area contributed by atoms with Crippen molar-refractivity contribution < 1.29 is 28.7 Å². The monoisotopic (exact) mass is 578 g/mol. The Bertz CT molecular complexity index is 1360. The molecule has 2 unspecified atom stereocenters. The van der Waals surface area contributed by atoms with E-state index in [1.54, 1.807) is 6.08 Å². The van der Waals surface area contributed by atoms with E-state index >= 15 is 0 Å². The molecule has 0 saturated heterocycles. The fraction of sp³-hybridized carbons (Fsp3) is 0.735. The number of ketones is 2. The molecular formula is C34H46N2O6. The van der Waals surface area contributed by atoms with Gasteiger partial charge in [0, 0.05) is 23.8 Å². The molecule has 0 aromatic carbocycles. The quantitative estimate of drug-likeness (QED) is 0.416. The first-order valence-corrected chi connectivity index (χ1v) is 15.4. The number of carbonyl (C=O) groups is 4. The first-order valence-electron chi connectivity index (χ1n) is 15.4. The zero-order chi connectivity index (χ0) is 31.1. The van der Waals surface area contributed by atoms with Crippen LogP contribution in [-0.4, -0.2) is 42.9 Å². The number of rotatable bonds is 3. The van der Waals surface area contributed by atoms with Gasteiger partial charge in [-0.3, -0.25) is 14.4 Å². The lowest BCUT2D eigenvalue weighted by atomic mass is 9.35. The molecule has 1 N–H and O–H groups in total. The van der Waals surface area contributed by atoms with Gasteiger partial charge in [0.2, 0.25) is 0 Å². The Hall–Kier alpha value is -2.95. The van der Waals surface area contributed by atoms with Crippen LogP contribution in [0.2, 0.25) is 0 Å². The summed E-state index contributed by atoms with van der Waals surface area (Å²) >= 11 is 0. The van der Waals surface area contributed by atoms with Crippen LogP contribution >= 0.6 is 0 Å². The Labute approximate surface area is 249 Å². The van der Waals surface area contributed by atoms with Crippen molar-refractivity contribution in [2.24, 2.45) is 44.8 Å². The fourth-order valence-corrected chi connectivity index (χ4v) is 10.4. The molecule has 0 aliphatic heterocycles. The molecule has 0 heterocycles. The van der Waals surface area contributed by atoms with Gasteiger partial charge in [-0.05, 0) is 86.0 Å². The zero-order valence-electron chi connectivity index (χ0n) is 26.4. The molecule has 5 rings (SSSR count). The number of ether oxygens (including phenoxy) is 2. The average molecular weight is 579 g/mol. The lowest BCUT2D eigenvalue weighted by molar-refractivity contribution is -0.164. The highest BCUT2D eigenvalue weighted by atomic mass is 16.5. The Morgan fingerprint density at radius 2 is 1.71 bits per heavy atom. The van der Waals surface area contributed by atoms with Crippen LogP contribution in [0.25, 0.3) is 0 Å². The maximum absolute atomic E-state index is 14.6. The topological polar surface area (TPSA) is 123 Å². The van der Waals surface area contributed by atoms with Crippen LogP contribution < -0.4 is 5.32 Å². The molecule has 8 heteroatoms. The van der Waals surface area contributed by atoms with Crippen molar-refractivity contribution in [1.29, 1.82) is 5.26 Å². The van der Waals surface area contributed by atoms with E-state index in [9.17, 15) is 24.4 Å². The second kappa shape index (κ2) is 9.53. The number of hydrogen-bond donors (Lipinski definition) is 1. The van der Waals surface area contributed by atoms with Crippen molar-refractivity contribution >= 4 is 23.6 Å². The second-order valence-electron chi connectivity index (χ2n) is 15.5. The third kappa shape index (κ3) is 4.05. The average Bonchev–Trinajstić information content (AvgIpc) is 2.91. The first kappa shape index (κ1) is 30.5. The summed E-state index contributed by atoms with van der Waals surface area (Å²) in [4.78, 5) is 52.6. The number of Topliss-reactive ketones (excluding diaryl/α,β-unsaturated/α-hetero) is 1. The third-order valence-electron chi connectivity index (χ3n) is 12.8. The van der Waals surface area contributed by atoms with E-state index in [1.807, 2.05) is 13.0 Å². The summed E-state index contributed by atoms with van der Waals surface area (Å²) in [7, 11) is 1.38. The van der Waals surface area contributed by atoms with Crippen molar-refractivity contribution in [2.45, 2.75) is 99.0 Å². The van der Waals surface area contributed by atoms with Gasteiger partial charge >= 0.3 is 12.1 Å². The predicted molar refractivity (Wildman–Crippen MR) is 156 cm³/mol. The van der Waals surface area contributed by atoms with E-state index < -0.39 is 33.8 Å². The highest BCUT2D eigenvalue weighted by Crippen LogP contribution is 2.73. The minimum Gasteiger partial charge on any atom is -0.465 e. The SMILES string of the molecule is COC(=O)N[C@]12CCC(C)(C)CC1C1C(=O)C=C3[C@@]4(C)C=C(C#N)C(=O)[C@@](C)(COC(C)=O)[C@@H]4CC[C@@]3(C)[C@]1(C)CC2. The van der Waals surface area contributed by atoms with Gasteiger partial charge in [-0.25, -0.2) is 4.79 Å². The van der Waals surface area contributed by atoms with Gasteiger partial charge in [0.1, 0.15) is 12.7 Å². The van der Waals surface area contributed by atoms with Gasteiger partial charge < -0.3 is 14.8 Å². The van der Waals surface area contributed by atoms with E-state index in [0.717, 1.165) is 44.1 Å². The Morgan fingerprint density at radius 1 is 1.05 bits per heavy atom. The number of allylic oxidation sites excluding steroid dienone is 4. The standard InChI is InChI=1S/C34H46N2O6/c1-20(37)42-19-31(5)24-9-10-32(6)25(30(24,4)16-21(18-35)27(31)39)15-23(38)26-22-17-29(2,3)11-13-34(22,36-28(40)41-8)14-12-33(26,32)7/h15-16,22,24,26H,9-14,17,19H2,1-8H3,(H,36,40)/t22?,24-,26?,30+,31+,32-,33-,34+/m1/s1. The second-order valence-corrected chi connectivity index (χ2v) is 15.5. The largest absolute Gasteiger partial charge is 0.465 e. The van der Waals surface area contributed by atoms with Crippen molar-refractivity contribution in [3.63, 3.8) is 0 Å². The van der Waals surface area contributed by atoms with Gasteiger partial charge in [0.05, 0.1) is 18.1 Å². The van der Waals surface area contributed by atoms with E-state index in [-0.39, 0.29) is 52.3 Å². The Kier molecular flexibility index (Phi) is 6.92. The lowest BCUT2D eigenvalue weighted by Crippen LogP contribution is -2.69. The van der Waals surface area contributed by atoms with Crippen LogP contribution in [0.3, 0.4) is 0 Å². The summed E-state index contributed by atoms with van der Waals surface area (Å²) in [5.74, 6) is -1.27. The molecule has 8 atom stereocenters. The number of esters is 1. The molecule has 1 amide bonds. The van der Waals surface area contributed by atoms with Crippen molar-refractivity contribution in [3.8, 4) is 6.07 Å². The number of nitrogens with one attached hydrogen (secondary N) is 1. The Balaban J connectivity index is 1.66. The number of nitriles is 1. The summed E-state index contributed by atoms with van der Waals surface area (Å²) < 4.78 is 10.5. The minimum atomic E-state index is -1.08. The Morgan fingerprint density at radius 3 is 2.33 bits per heavy atom. The lowest BCUT2D eigenvalue weighted by Gasteiger charge is -2.69. The maximum Gasteiger partial charge on any atom is 0.407 e. The summed E-state index contributed by atoms with van der Waals surface area (Å²) in [6.45, 7) is 14.1. The molecule has 0 radical (unpaired) electrons. The van der Waals surface area contributed by atoms with Crippen molar-refractivity contribution in [2.75, 3.05) is 13.7 Å². The molecule has 3 fully saturated rings. The highest BCUT2D eigenvalue weighted by Gasteiger charge is 2.70. The number of nitrogens with zero attached hydrogens (tertiary/aromatic N) is 1. The fourth-order valence-electron chi connectivity index (χ4n) is 10.4. The summed E-state index contributed by atoms with van der Waals surface area (Å²) in [6, 6.07) is 2.12. The van der Waals surface area contributed by atoms with Gasteiger partial charge in [-0.15, -0.1) is 0 Å². The summed E-state index contributed by atoms with van der Waals surface area (Å²) in [5.41, 5.74) is -2.02. The van der Waals surface area contributed by atoms with Gasteiger partial charge in [-0.2, -0.15) is 5.26 Å². The highest BCUT2D eigenvalue weighted by molar-refractivity contribution is 6.05. The van der Waals surface area contributed by atoms with E-state index in [1.165, 1.54) is 14.0 Å². The smallest absolute Gasteiger partial charge is 0.407 e. The van der Waals surface area contributed by atoms with Crippen molar-refractivity contribution in [3.05, 3.63) is 23.3 Å². The van der Waals surface area contributed by atoms with E-state index in [2.05, 4.69) is 46.0 Å². The van der Waals surface area contributed by atoms with Crippen LogP contribution in [0.5, 0.6) is 0 Å². The van der Waals surface area contributed by atoms with Crippen LogP contribution in [0.15, 0.2) is 23.3 Å². The number of carbonyl (C=O) groups excluding carboxylic acids is 4. The number of fused-ring (bicyclic) bond motifs is 7. The molecule has 5 aliphatic carbocycles. The number of methoxy groups -OCH3 is 1. The van der Waals surface area contributed by atoms with Crippen molar-refractivity contribution in [1.82, 2.24) is 5.32 Å². The molecule has 0 spiro atoms. The summed E-state index contributed by atoms with van der Waals surface area (Å²) in [6.07, 6.45) is 8.76. The molecule has 3 saturated carbocycles. The summed E-state index contributed by atoms with van der Waals surface area (Å²) in [5, 5.41) is 13.3. The molecule has 0 aromatic heterocycles. The van der Waals surface area contributed by atoms with Crippen LogP contribution in [0.1, 0.15) is 93.4 Å². The number of hydrogen-bond acceptors (Lipinski definition) is 7. The normalized spacial score (nSPS) is 43.6. The van der Waals surface area contributed by atoms with Gasteiger partial charge in [0.15, 0.2) is 11.6 Å². The molecule has 5 aliphatic rings. The molecule has 8 nitrogen and oxygen atoms in total. The molecular weight excluding hydrogens is 532 g/mol. The zero-order valence-corrected chi connectivity index (χ0v) is 26.4. The van der Waals surface area contributed by atoms with Crippen LogP contribution in [0, 0.1) is 56.2 Å². The van der Waals surface area contributed by atoms with Gasteiger partial charge in [-0.1, -0.05) is 46.3 Å². The van der Waals surface area contributed by atoms with Crippen LogP contribution in [0.4, 0.5) is 4.79 Å². The van der Waals surface area contributed by atoms with E-state index in [0.29, 0.717) is 6.42 Å². The number of amides is 1. The molecule has 42 heavy (non-hydrogen) atoms. The first-order chi connectivity index (χ1) is 19.4. The van der Waals surface area contributed by atoms with E-state index in [4.69, 9.17) is 9.47 Å². The number of alkyl carbamates (subject to hydrolysis) is 1. The predicted octanol–water partition coefficient (Wildman–Crippen LogP) is 5.86. The van der Waals surface area contributed by atoms with Gasteiger partial charge in [0.25, 0.3) is 0 Å².